The zero-order valence-electron chi connectivity index (χ0n) is 14.7. The van der Waals surface area contributed by atoms with Gasteiger partial charge in [0, 0.05) is 0 Å². The topological polar surface area (TPSA) is 77.1 Å². The van der Waals surface area contributed by atoms with Crippen molar-refractivity contribution in [2.45, 2.75) is 27.7 Å². The third-order valence-corrected chi connectivity index (χ3v) is 3.56. The zero-order chi connectivity index (χ0) is 18.6. The second kappa shape index (κ2) is 7.58. The Bertz CT molecular complexity index is 816. The first-order valence-electron chi connectivity index (χ1n) is 7.85. The summed E-state index contributed by atoms with van der Waals surface area (Å²) in [6, 6.07) is 7.15. The Morgan fingerprint density at radius 3 is 2.72 bits per heavy atom. The van der Waals surface area contributed by atoms with Crippen molar-refractivity contribution in [1.29, 1.82) is 5.26 Å². The van der Waals surface area contributed by atoms with Crippen LogP contribution in [0.2, 0.25) is 5.15 Å². The van der Waals surface area contributed by atoms with E-state index in [-0.39, 0.29) is 22.7 Å². The first-order chi connectivity index (χ1) is 11.8. The minimum atomic E-state index is -0.538. The van der Waals surface area contributed by atoms with Gasteiger partial charge in [-0.1, -0.05) is 32.4 Å². The number of carbonyl (C=O) groups is 1. The van der Waals surface area contributed by atoms with Gasteiger partial charge in [0.05, 0.1) is 30.7 Å². The molecule has 0 N–H and O–H groups in total. The Balaban J connectivity index is 2.33. The summed E-state index contributed by atoms with van der Waals surface area (Å²) in [5.74, 6) is -0.0422. The summed E-state index contributed by atoms with van der Waals surface area (Å²) in [6.07, 6.45) is 1.34. The number of hydrogen-bond acceptors (Lipinski definition) is 5. The Hall–Kier alpha value is -2.52. The highest BCUT2D eigenvalue weighted by atomic mass is 35.5. The van der Waals surface area contributed by atoms with Gasteiger partial charge in [0.25, 0.3) is 0 Å². The predicted octanol–water partition coefficient (Wildman–Crippen LogP) is 4.00. The molecule has 25 heavy (non-hydrogen) atoms. The molecule has 1 aromatic carbocycles. The standard InChI is InChI=1S/C18H20ClN3O3/c1-5-24-17(23)14-10-21-22(16(14)19)13-6-7-15(12(8-13)9-20)25-11-18(2,3)4/h6-8,10H,5,11H2,1-4H3. The maximum Gasteiger partial charge on any atom is 0.342 e. The third kappa shape index (κ3) is 4.52. The fraction of sp³-hybridized carbons (Fsp3) is 0.389. The molecule has 2 aromatic rings. The molecule has 0 amide bonds. The van der Waals surface area contributed by atoms with E-state index in [1.54, 1.807) is 25.1 Å². The third-order valence-electron chi connectivity index (χ3n) is 3.19. The summed E-state index contributed by atoms with van der Waals surface area (Å²) >= 11 is 6.23. The van der Waals surface area contributed by atoms with Crippen LogP contribution in [0, 0.1) is 16.7 Å². The molecule has 1 aromatic heterocycles. The largest absolute Gasteiger partial charge is 0.492 e. The molecule has 2 rings (SSSR count). The van der Waals surface area contributed by atoms with Gasteiger partial charge < -0.3 is 9.47 Å². The number of benzene rings is 1. The van der Waals surface area contributed by atoms with E-state index in [1.165, 1.54) is 10.9 Å². The highest BCUT2D eigenvalue weighted by molar-refractivity contribution is 6.32. The highest BCUT2D eigenvalue weighted by Gasteiger charge is 2.19. The van der Waals surface area contributed by atoms with Crippen LogP contribution in [0.3, 0.4) is 0 Å². The normalized spacial score (nSPS) is 11.0. The Morgan fingerprint density at radius 2 is 2.12 bits per heavy atom. The SMILES string of the molecule is CCOC(=O)c1cnn(-c2ccc(OCC(C)(C)C)c(C#N)c2)c1Cl. The lowest BCUT2D eigenvalue weighted by molar-refractivity contribution is 0.0526. The van der Waals surface area contributed by atoms with Crippen molar-refractivity contribution in [3.63, 3.8) is 0 Å². The monoisotopic (exact) mass is 361 g/mol. The summed E-state index contributed by atoms with van der Waals surface area (Å²) in [6.45, 7) is 8.59. The van der Waals surface area contributed by atoms with Crippen molar-refractivity contribution < 1.29 is 14.3 Å². The number of aromatic nitrogens is 2. The van der Waals surface area contributed by atoms with Gasteiger partial charge in [-0.15, -0.1) is 0 Å². The molecule has 0 aliphatic carbocycles. The summed E-state index contributed by atoms with van der Waals surface area (Å²) in [4.78, 5) is 11.8. The smallest absolute Gasteiger partial charge is 0.342 e. The summed E-state index contributed by atoms with van der Waals surface area (Å²) < 4.78 is 12.0. The fourth-order valence-electron chi connectivity index (χ4n) is 2.02. The van der Waals surface area contributed by atoms with Crippen LogP contribution in [-0.4, -0.2) is 29.0 Å². The molecule has 6 nitrogen and oxygen atoms in total. The van der Waals surface area contributed by atoms with E-state index in [2.05, 4.69) is 11.2 Å². The average Bonchev–Trinajstić information content (AvgIpc) is 2.94. The number of esters is 1. The van der Waals surface area contributed by atoms with Crippen LogP contribution in [0.25, 0.3) is 5.69 Å². The van der Waals surface area contributed by atoms with Crippen LogP contribution < -0.4 is 4.74 Å². The number of carbonyl (C=O) groups excluding carboxylic acids is 1. The van der Waals surface area contributed by atoms with Crippen LogP contribution >= 0.6 is 11.6 Å². The van der Waals surface area contributed by atoms with Gasteiger partial charge in [0.2, 0.25) is 0 Å². The molecule has 0 saturated heterocycles. The molecule has 0 spiro atoms. The maximum atomic E-state index is 11.8. The van der Waals surface area contributed by atoms with Crippen molar-refractivity contribution in [2.24, 2.45) is 5.41 Å². The van der Waals surface area contributed by atoms with Crippen molar-refractivity contribution in [3.05, 3.63) is 40.7 Å². The molecule has 7 heteroatoms. The molecule has 0 atom stereocenters. The van der Waals surface area contributed by atoms with Crippen molar-refractivity contribution in [2.75, 3.05) is 13.2 Å². The van der Waals surface area contributed by atoms with Crippen LogP contribution in [0.1, 0.15) is 43.6 Å². The number of ether oxygens (including phenoxy) is 2. The van der Waals surface area contributed by atoms with Gasteiger partial charge in [0.15, 0.2) is 0 Å². The molecule has 0 saturated carbocycles. The lowest BCUT2D eigenvalue weighted by Crippen LogP contribution is -2.17. The highest BCUT2D eigenvalue weighted by Crippen LogP contribution is 2.27. The van der Waals surface area contributed by atoms with E-state index in [1.807, 2.05) is 20.8 Å². The molecular weight excluding hydrogens is 342 g/mol. The van der Waals surface area contributed by atoms with E-state index in [0.29, 0.717) is 23.6 Å². The van der Waals surface area contributed by atoms with E-state index in [0.717, 1.165) is 0 Å². The van der Waals surface area contributed by atoms with Gasteiger partial charge in [-0.3, -0.25) is 0 Å². The van der Waals surface area contributed by atoms with Gasteiger partial charge in [0.1, 0.15) is 22.5 Å². The van der Waals surface area contributed by atoms with E-state index < -0.39 is 5.97 Å². The van der Waals surface area contributed by atoms with Crippen LogP contribution in [0.5, 0.6) is 5.75 Å². The molecule has 0 fully saturated rings. The van der Waals surface area contributed by atoms with Crippen LogP contribution in [-0.2, 0) is 4.74 Å². The number of nitrogens with zero attached hydrogens (tertiary/aromatic N) is 3. The molecule has 0 bridgehead atoms. The maximum absolute atomic E-state index is 11.8. The van der Waals surface area contributed by atoms with Gasteiger partial charge in [-0.25, -0.2) is 9.48 Å². The van der Waals surface area contributed by atoms with Crippen molar-refractivity contribution in [3.8, 4) is 17.5 Å². The molecule has 0 aliphatic heterocycles. The zero-order valence-corrected chi connectivity index (χ0v) is 15.4. The van der Waals surface area contributed by atoms with Crippen LogP contribution in [0.4, 0.5) is 0 Å². The number of hydrogen-bond donors (Lipinski definition) is 0. The van der Waals surface area contributed by atoms with Crippen LogP contribution in [0.15, 0.2) is 24.4 Å². The summed E-state index contributed by atoms with van der Waals surface area (Å²) in [7, 11) is 0. The number of halogens is 1. The van der Waals surface area contributed by atoms with Gasteiger partial charge >= 0.3 is 5.97 Å². The summed E-state index contributed by atoms with van der Waals surface area (Å²) in [5, 5.41) is 13.6. The van der Waals surface area contributed by atoms with E-state index in [9.17, 15) is 10.1 Å². The molecule has 1 heterocycles. The lowest BCUT2D eigenvalue weighted by atomic mass is 9.98. The Kier molecular flexibility index (Phi) is 5.70. The minimum Gasteiger partial charge on any atom is -0.492 e. The first-order valence-corrected chi connectivity index (χ1v) is 8.22. The second-order valence-electron chi connectivity index (χ2n) is 6.62. The second-order valence-corrected chi connectivity index (χ2v) is 6.98. The Morgan fingerprint density at radius 1 is 1.40 bits per heavy atom. The Labute approximate surface area is 151 Å². The lowest BCUT2D eigenvalue weighted by Gasteiger charge is -2.19. The van der Waals surface area contributed by atoms with Crippen molar-refractivity contribution >= 4 is 17.6 Å². The molecule has 132 valence electrons. The van der Waals surface area contributed by atoms with Gasteiger partial charge in [-0.2, -0.15) is 10.4 Å². The number of rotatable bonds is 5. The van der Waals surface area contributed by atoms with Gasteiger partial charge in [-0.05, 0) is 30.5 Å². The first kappa shape index (κ1) is 18.8. The quantitative estimate of drug-likeness (QED) is 0.752. The molecule has 0 unspecified atom stereocenters. The molecule has 0 radical (unpaired) electrons. The molecule has 0 aliphatic rings. The number of nitriles is 1. The van der Waals surface area contributed by atoms with Crippen molar-refractivity contribution in [1.82, 2.24) is 9.78 Å². The minimum absolute atomic E-state index is 0.0226. The predicted molar refractivity (Wildman–Crippen MR) is 94.2 cm³/mol. The summed E-state index contributed by atoms with van der Waals surface area (Å²) in [5.41, 5.74) is 1.08. The van der Waals surface area contributed by atoms with E-state index >= 15 is 0 Å². The average molecular weight is 362 g/mol. The fourth-order valence-corrected chi connectivity index (χ4v) is 2.28. The van der Waals surface area contributed by atoms with E-state index in [4.69, 9.17) is 21.1 Å². The molecular formula is C18H20ClN3O3.